The fourth-order valence-electron chi connectivity index (χ4n) is 4.40. The van der Waals surface area contributed by atoms with Crippen molar-refractivity contribution >= 4 is 0 Å². The molecule has 2 N–H and O–H groups in total. The van der Waals surface area contributed by atoms with E-state index in [-0.39, 0.29) is 18.0 Å². The van der Waals surface area contributed by atoms with E-state index in [9.17, 15) is 5.11 Å². The third-order valence-corrected chi connectivity index (χ3v) is 6.00. The third kappa shape index (κ3) is 3.83. The first kappa shape index (κ1) is 18.0. The number of aliphatic hydroxyl groups is 1. The van der Waals surface area contributed by atoms with E-state index >= 15 is 0 Å². The van der Waals surface area contributed by atoms with Gasteiger partial charge in [-0.3, -0.25) is 0 Å². The number of piperidine rings is 1. The summed E-state index contributed by atoms with van der Waals surface area (Å²) in [7, 11) is 0. The van der Waals surface area contributed by atoms with Crippen molar-refractivity contribution in [3.05, 3.63) is 108 Å². The Kier molecular flexibility index (Phi) is 5.11. The van der Waals surface area contributed by atoms with E-state index in [1.165, 1.54) is 16.7 Å². The second-order valence-corrected chi connectivity index (χ2v) is 7.78. The average molecular weight is 357 g/mol. The average Bonchev–Trinajstić information content (AvgIpc) is 2.72. The van der Waals surface area contributed by atoms with Crippen molar-refractivity contribution < 1.29 is 5.11 Å². The van der Waals surface area contributed by atoms with Gasteiger partial charge in [0.25, 0.3) is 0 Å². The molecular weight excluding hydrogens is 330 g/mol. The van der Waals surface area contributed by atoms with Crippen LogP contribution in [0.2, 0.25) is 0 Å². The van der Waals surface area contributed by atoms with E-state index in [0.717, 1.165) is 0 Å². The highest BCUT2D eigenvalue weighted by molar-refractivity contribution is 5.28. The van der Waals surface area contributed by atoms with Crippen molar-refractivity contribution in [3.63, 3.8) is 0 Å². The van der Waals surface area contributed by atoms with E-state index in [2.05, 4.69) is 72.9 Å². The molecule has 1 heterocycles. The molecular formula is C25H27NO. The minimum atomic E-state index is -0.770. The maximum atomic E-state index is 11.8. The molecule has 1 fully saturated rings. The van der Waals surface area contributed by atoms with Crippen molar-refractivity contribution in [3.8, 4) is 0 Å². The van der Waals surface area contributed by atoms with Crippen LogP contribution >= 0.6 is 0 Å². The molecule has 1 aliphatic rings. The molecule has 1 saturated heterocycles. The van der Waals surface area contributed by atoms with Gasteiger partial charge in [-0.1, -0.05) is 97.9 Å². The monoisotopic (exact) mass is 357 g/mol. The first-order valence-corrected chi connectivity index (χ1v) is 9.78. The molecule has 0 aliphatic carbocycles. The Labute approximate surface area is 161 Å². The van der Waals surface area contributed by atoms with Crippen LogP contribution in [0.1, 0.15) is 42.1 Å². The molecule has 0 amide bonds. The van der Waals surface area contributed by atoms with Crippen LogP contribution in [-0.4, -0.2) is 10.7 Å². The van der Waals surface area contributed by atoms with Crippen molar-refractivity contribution in [1.29, 1.82) is 0 Å². The molecule has 0 radical (unpaired) electrons. The zero-order valence-corrected chi connectivity index (χ0v) is 15.8. The lowest BCUT2D eigenvalue weighted by Gasteiger charge is -2.48. The molecule has 138 valence electrons. The van der Waals surface area contributed by atoms with Gasteiger partial charge in [0.2, 0.25) is 0 Å². The van der Waals surface area contributed by atoms with Gasteiger partial charge < -0.3 is 10.4 Å². The van der Waals surface area contributed by atoms with Gasteiger partial charge in [0, 0.05) is 24.4 Å². The summed E-state index contributed by atoms with van der Waals surface area (Å²) in [6.45, 7) is 2.18. The number of hydrogen-bond donors (Lipinski definition) is 2. The summed E-state index contributed by atoms with van der Waals surface area (Å²) in [6, 6.07) is 31.6. The summed E-state index contributed by atoms with van der Waals surface area (Å²) in [5.74, 6) is 0.0973. The van der Waals surface area contributed by atoms with Crippen LogP contribution in [0.25, 0.3) is 0 Å². The largest absolute Gasteiger partial charge is 0.389 e. The molecule has 4 atom stereocenters. The molecule has 0 spiro atoms. The highest BCUT2D eigenvalue weighted by Gasteiger charge is 2.45. The Morgan fingerprint density at radius 1 is 0.815 bits per heavy atom. The lowest BCUT2D eigenvalue weighted by Crippen LogP contribution is -2.53. The van der Waals surface area contributed by atoms with Crippen LogP contribution in [-0.2, 0) is 6.42 Å². The molecule has 0 bridgehead atoms. The van der Waals surface area contributed by atoms with E-state index in [0.29, 0.717) is 12.8 Å². The Hall–Kier alpha value is -2.42. The van der Waals surface area contributed by atoms with Gasteiger partial charge in [-0.15, -0.1) is 0 Å². The summed E-state index contributed by atoms with van der Waals surface area (Å²) >= 11 is 0. The molecule has 1 aliphatic heterocycles. The van der Waals surface area contributed by atoms with Gasteiger partial charge in [0.1, 0.15) is 0 Å². The summed E-state index contributed by atoms with van der Waals surface area (Å²) in [6.07, 6.45) is 1.37. The SMILES string of the molecule is C[C@@H]1[C@@H](c2ccccc2)N[C@H](c2ccccc2)C[C@@]1(O)Cc1ccccc1. The summed E-state index contributed by atoms with van der Waals surface area (Å²) in [5.41, 5.74) is 2.88. The molecule has 0 aromatic heterocycles. The van der Waals surface area contributed by atoms with Gasteiger partial charge >= 0.3 is 0 Å². The number of nitrogens with one attached hydrogen (secondary N) is 1. The van der Waals surface area contributed by atoms with E-state index < -0.39 is 5.60 Å². The maximum Gasteiger partial charge on any atom is 0.0749 e. The van der Waals surface area contributed by atoms with Crippen molar-refractivity contribution in [2.75, 3.05) is 0 Å². The van der Waals surface area contributed by atoms with E-state index in [1.807, 2.05) is 30.3 Å². The van der Waals surface area contributed by atoms with Gasteiger partial charge in [0.15, 0.2) is 0 Å². The van der Waals surface area contributed by atoms with Crippen LogP contribution in [0.15, 0.2) is 91.0 Å². The highest BCUT2D eigenvalue weighted by Crippen LogP contribution is 2.44. The van der Waals surface area contributed by atoms with Gasteiger partial charge in [-0.05, 0) is 23.1 Å². The first-order chi connectivity index (χ1) is 13.2. The predicted octanol–water partition coefficient (Wildman–Crippen LogP) is 5.07. The minimum Gasteiger partial charge on any atom is -0.389 e. The molecule has 2 heteroatoms. The maximum absolute atomic E-state index is 11.8. The smallest absolute Gasteiger partial charge is 0.0749 e. The van der Waals surface area contributed by atoms with Crippen molar-refractivity contribution in [2.45, 2.75) is 37.5 Å². The predicted molar refractivity (Wildman–Crippen MR) is 110 cm³/mol. The highest BCUT2D eigenvalue weighted by atomic mass is 16.3. The van der Waals surface area contributed by atoms with E-state index in [4.69, 9.17) is 0 Å². The fraction of sp³-hybridized carbons (Fsp3) is 0.280. The normalized spacial score (nSPS) is 28.0. The van der Waals surface area contributed by atoms with Crippen LogP contribution in [0.5, 0.6) is 0 Å². The minimum absolute atomic E-state index is 0.0973. The summed E-state index contributed by atoms with van der Waals surface area (Å²) in [4.78, 5) is 0. The zero-order valence-electron chi connectivity index (χ0n) is 15.8. The van der Waals surface area contributed by atoms with Crippen LogP contribution < -0.4 is 5.32 Å². The zero-order chi connectivity index (χ0) is 18.7. The molecule has 3 aromatic rings. The molecule has 0 unspecified atom stereocenters. The van der Waals surface area contributed by atoms with Crippen LogP contribution in [0.3, 0.4) is 0 Å². The standard InChI is InChI=1S/C25H27NO/c1-19-24(22-15-9-4-10-16-22)26-23(21-13-7-3-8-14-21)18-25(19,27)17-20-11-5-2-6-12-20/h2-16,19,23-24,26-27H,17-18H2,1H3/t19-,23+,24+,25+/m1/s1. The Bertz CT molecular complexity index is 849. The number of benzene rings is 3. The fourth-order valence-corrected chi connectivity index (χ4v) is 4.40. The third-order valence-electron chi connectivity index (χ3n) is 6.00. The van der Waals surface area contributed by atoms with Crippen molar-refractivity contribution in [1.82, 2.24) is 5.32 Å². The van der Waals surface area contributed by atoms with Gasteiger partial charge in [-0.2, -0.15) is 0 Å². The topological polar surface area (TPSA) is 32.3 Å². The van der Waals surface area contributed by atoms with Gasteiger partial charge in [0.05, 0.1) is 5.60 Å². The number of hydrogen-bond acceptors (Lipinski definition) is 2. The Balaban J connectivity index is 1.70. The molecule has 2 nitrogen and oxygen atoms in total. The second-order valence-electron chi connectivity index (χ2n) is 7.78. The number of rotatable bonds is 4. The molecule has 0 saturated carbocycles. The lowest BCUT2D eigenvalue weighted by atomic mass is 9.69. The van der Waals surface area contributed by atoms with Gasteiger partial charge in [-0.25, -0.2) is 0 Å². The second kappa shape index (κ2) is 7.67. The lowest BCUT2D eigenvalue weighted by molar-refractivity contribution is -0.0674. The molecule has 27 heavy (non-hydrogen) atoms. The molecule has 3 aromatic carbocycles. The van der Waals surface area contributed by atoms with Crippen molar-refractivity contribution in [2.24, 2.45) is 5.92 Å². The Morgan fingerprint density at radius 2 is 1.33 bits per heavy atom. The summed E-state index contributed by atoms with van der Waals surface area (Å²) in [5, 5.41) is 15.6. The Morgan fingerprint density at radius 3 is 1.93 bits per heavy atom. The van der Waals surface area contributed by atoms with Crippen LogP contribution in [0, 0.1) is 5.92 Å². The van der Waals surface area contributed by atoms with Crippen LogP contribution in [0.4, 0.5) is 0 Å². The van der Waals surface area contributed by atoms with E-state index in [1.54, 1.807) is 0 Å². The summed E-state index contributed by atoms with van der Waals surface area (Å²) < 4.78 is 0. The quantitative estimate of drug-likeness (QED) is 0.683. The first-order valence-electron chi connectivity index (χ1n) is 9.78. The molecule has 4 rings (SSSR count).